The van der Waals surface area contributed by atoms with E-state index in [4.69, 9.17) is 10.1 Å². The van der Waals surface area contributed by atoms with Gasteiger partial charge < -0.3 is 4.90 Å². The lowest BCUT2D eigenvalue weighted by Crippen LogP contribution is -2.49. The average Bonchev–Trinajstić information content (AvgIpc) is 3.20. The maximum absolute atomic E-state index is 14.0. The van der Waals surface area contributed by atoms with E-state index in [1.165, 1.54) is 12.1 Å². The molecule has 6 nitrogen and oxygen atoms in total. The van der Waals surface area contributed by atoms with E-state index in [1.54, 1.807) is 16.9 Å². The number of halogens is 2. The third-order valence-electron chi connectivity index (χ3n) is 5.98. The second-order valence-corrected chi connectivity index (χ2v) is 8.25. The third kappa shape index (κ3) is 3.71. The highest BCUT2D eigenvalue weighted by atomic mass is 19.2. The molecule has 32 heavy (non-hydrogen) atoms. The molecule has 4 heterocycles. The number of nitrogens with zero attached hydrogens (tertiary/aromatic N) is 6. The number of aromatic nitrogens is 4. The Hall–Kier alpha value is -3.39. The summed E-state index contributed by atoms with van der Waals surface area (Å²) in [6.45, 7) is 8.19. The number of fused-ring (bicyclic) bond motifs is 1. The first-order valence-corrected chi connectivity index (χ1v) is 10.8. The summed E-state index contributed by atoms with van der Waals surface area (Å²) < 4.78 is 29.3. The molecule has 0 bridgehead atoms. The maximum atomic E-state index is 14.0. The van der Waals surface area contributed by atoms with E-state index in [0.717, 1.165) is 49.3 Å². The lowest BCUT2D eigenvalue weighted by Gasteiger charge is -2.37. The van der Waals surface area contributed by atoms with Crippen LogP contribution >= 0.6 is 0 Å². The van der Waals surface area contributed by atoms with E-state index >= 15 is 0 Å². The van der Waals surface area contributed by atoms with Gasteiger partial charge in [-0.05, 0) is 56.3 Å². The van der Waals surface area contributed by atoms with Crippen molar-refractivity contribution < 1.29 is 8.78 Å². The first-order valence-electron chi connectivity index (χ1n) is 10.8. The van der Waals surface area contributed by atoms with E-state index in [0.29, 0.717) is 22.9 Å². The Bertz CT molecular complexity index is 1250. The Morgan fingerprint density at radius 2 is 1.59 bits per heavy atom. The van der Waals surface area contributed by atoms with Crippen LogP contribution in [-0.2, 0) is 0 Å². The number of imidazole rings is 1. The second kappa shape index (κ2) is 8.27. The van der Waals surface area contributed by atoms with Crippen molar-refractivity contribution in [2.24, 2.45) is 0 Å². The average molecular weight is 434 g/mol. The van der Waals surface area contributed by atoms with Gasteiger partial charge in [-0.2, -0.15) is 0 Å². The molecule has 3 aromatic heterocycles. The summed E-state index contributed by atoms with van der Waals surface area (Å²) in [4.78, 5) is 13.5. The zero-order valence-corrected chi connectivity index (χ0v) is 18.0. The number of rotatable bonds is 4. The number of anilines is 1. The molecule has 0 saturated carbocycles. The third-order valence-corrected chi connectivity index (χ3v) is 5.98. The van der Waals surface area contributed by atoms with Crippen molar-refractivity contribution in [2.45, 2.75) is 19.9 Å². The lowest BCUT2D eigenvalue weighted by atomic mass is 10.1. The molecule has 0 unspecified atom stereocenters. The second-order valence-electron chi connectivity index (χ2n) is 8.25. The quantitative estimate of drug-likeness (QED) is 0.480. The van der Waals surface area contributed by atoms with Gasteiger partial charge in [0.05, 0.1) is 5.69 Å². The minimum atomic E-state index is -0.906. The SMILES string of the molecule is CC(C)N1CCN(c2ccc3nc(-c4ccc(F)c(F)c4)c(-c4ccncc4)n3n2)CC1. The zero-order chi connectivity index (χ0) is 22.2. The lowest BCUT2D eigenvalue weighted by molar-refractivity contribution is 0.209. The van der Waals surface area contributed by atoms with Crippen LogP contribution in [0, 0.1) is 11.6 Å². The fraction of sp³-hybridized carbons (Fsp3) is 0.292. The molecule has 0 atom stereocenters. The largest absolute Gasteiger partial charge is 0.353 e. The molecule has 1 fully saturated rings. The Morgan fingerprint density at radius 1 is 0.844 bits per heavy atom. The first-order chi connectivity index (χ1) is 15.5. The Morgan fingerprint density at radius 3 is 2.28 bits per heavy atom. The van der Waals surface area contributed by atoms with Crippen LogP contribution in [0.25, 0.3) is 28.2 Å². The molecule has 164 valence electrons. The molecular weight excluding hydrogens is 410 g/mol. The highest BCUT2D eigenvalue weighted by Gasteiger charge is 2.22. The van der Waals surface area contributed by atoms with Crippen molar-refractivity contribution in [3.63, 3.8) is 0 Å². The fourth-order valence-corrected chi connectivity index (χ4v) is 4.17. The van der Waals surface area contributed by atoms with Crippen molar-refractivity contribution >= 4 is 11.5 Å². The molecular formula is C24H24F2N6. The van der Waals surface area contributed by atoms with Gasteiger partial charge in [0.15, 0.2) is 17.3 Å². The predicted octanol–water partition coefficient (Wildman–Crippen LogP) is 4.27. The van der Waals surface area contributed by atoms with Crippen LogP contribution in [-0.4, -0.2) is 56.7 Å². The summed E-state index contributed by atoms with van der Waals surface area (Å²) in [6, 6.07) is 12.0. The number of piperazine rings is 1. The maximum Gasteiger partial charge on any atom is 0.159 e. The predicted molar refractivity (Wildman–Crippen MR) is 120 cm³/mol. The molecule has 1 aromatic carbocycles. The molecule has 1 aliphatic rings. The van der Waals surface area contributed by atoms with Gasteiger partial charge in [-0.15, -0.1) is 5.10 Å². The molecule has 0 amide bonds. The van der Waals surface area contributed by atoms with Crippen molar-refractivity contribution in [3.8, 4) is 22.5 Å². The van der Waals surface area contributed by atoms with Crippen LogP contribution < -0.4 is 4.90 Å². The van der Waals surface area contributed by atoms with Gasteiger partial charge in [-0.1, -0.05) is 0 Å². The van der Waals surface area contributed by atoms with Gasteiger partial charge in [0.2, 0.25) is 0 Å². The molecule has 8 heteroatoms. The fourth-order valence-electron chi connectivity index (χ4n) is 4.17. The summed E-state index contributed by atoms with van der Waals surface area (Å²) in [5, 5.41) is 4.90. The van der Waals surface area contributed by atoms with E-state index in [9.17, 15) is 8.78 Å². The molecule has 0 aliphatic carbocycles. The van der Waals surface area contributed by atoms with E-state index in [2.05, 4.69) is 28.6 Å². The summed E-state index contributed by atoms with van der Waals surface area (Å²) in [5.41, 5.74) is 3.25. The topological polar surface area (TPSA) is 49.6 Å². The van der Waals surface area contributed by atoms with Crippen LogP contribution in [0.3, 0.4) is 0 Å². The number of pyridine rings is 1. The highest BCUT2D eigenvalue weighted by molar-refractivity contribution is 5.81. The van der Waals surface area contributed by atoms with Crippen LogP contribution in [0.5, 0.6) is 0 Å². The van der Waals surface area contributed by atoms with Crippen molar-refractivity contribution in [1.29, 1.82) is 0 Å². The van der Waals surface area contributed by atoms with Gasteiger partial charge >= 0.3 is 0 Å². The van der Waals surface area contributed by atoms with E-state index in [1.807, 2.05) is 24.3 Å². The minimum absolute atomic E-state index is 0.494. The van der Waals surface area contributed by atoms with Crippen LogP contribution in [0.1, 0.15) is 13.8 Å². The van der Waals surface area contributed by atoms with Crippen LogP contribution in [0.4, 0.5) is 14.6 Å². The van der Waals surface area contributed by atoms with Crippen molar-refractivity contribution in [2.75, 3.05) is 31.1 Å². The Labute approximate surface area is 185 Å². The zero-order valence-electron chi connectivity index (χ0n) is 18.0. The number of benzene rings is 1. The van der Waals surface area contributed by atoms with E-state index in [-0.39, 0.29) is 0 Å². The molecule has 0 spiro atoms. The molecule has 4 aromatic rings. The van der Waals surface area contributed by atoms with Gasteiger partial charge in [0.1, 0.15) is 11.5 Å². The summed E-state index contributed by atoms with van der Waals surface area (Å²) in [5.74, 6) is -0.925. The summed E-state index contributed by atoms with van der Waals surface area (Å²) in [7, 11) is 0. The van der Waals surface area contributed by atoms with Gasteiger partial charge in [0, 0.05) is 55.7 Å². The molecule has 0 N–H and O–H groups in total. The van der Waals surface area contributed by atoms with Gasteiger partial charge in [0.25, 0.3) is 0 Å². The summed E-state index contributed by atoms with van der Waals surface area (Å²) >= 11 is 0. The van der Waals surface area contributed by atoms with Crippen molar-refractivity contribution in [1.82, 2.24) is 24.5 Å². The summed E-state index contributed by atoms with van der Waals surface area (Å²) in [6.07, 6.45) is 3.39. The number of hydrogen-bond acceptors (Lipinski definition) is 5. The first kappa shape index (κ1) is 20.5. The molecule has 0 radical (unpaired) electrons. The smallest absolute Gasteiger partial charge is 0.159 e. The molecule has 1 saturated heterocycles. The highest BCUT2D eigenvalue weighted by Crippen LogP contribution is 2.33. The van der Waals surface area contributed by atoms with Crippen LogP contribution in [0.2, 0.25) is 0 Å². The molecule has 5 rings (SSSR count). The number of hydrogen-bond donors (Lipinski definition) is 0. The van der Waals surface area contributed by atoms with Gasteiger partial charge in [-0.25, -0.2) is 18.3 Å². The van der Waals surface area contributed by atoms with Crippen LogP contribution in [0.15, 0.2) is 54.9 Å². The standard InChI is InChI=1S/C24H24F2N6/c1-16(2)30-11-13-31(14-12-30)22-6-5-21-28-23(18-3-4-19(25)20(26)15-18)24(32(21)29-22)17-7-9-27-10-8-17/h3-10,15-16H,11-14H2,1-2H3. The Balaban J connectivity index is 1.61. The van der Waals surface area contributed by atoms with E-state index < -0.39 is 11.6 Å². The van der Waals surface area contributed by atoms with Gasteiger partial charge in [-0.3, -0.25) is 9.88 Å². The normalized spacial score (nSPS) is 15.1. The van der Waals surface area contributed by atoms with Crippen molar-refractivity contribution in [3.05, 3.63) is 66.5 Å². The Kier molecular flexibility index (Phi) is 5.30. The minimum Gasteiger partial charge on any atom is -0.353 e. The molecule has 1 aliphatic heterocycles. The monoisotopic (exact) mass is 434 g/mol.